The molecule has 0 aromatic heterocycles. The number of nitrogens with zero attached hydrogens (tertiary/aromatic N) is 2. The zero-order chi connectivity index (χ0) is 17.0. The Kier molecular flexibility index (Phi) is 5.36. The summed E-state index contributed by atoms with van der Waals surface area (Å²) >= 11 is 0. The second-order valence-corrected chi connectivity index (χ2v) is 6.34. The first-order valence-corrected chi connectivity index (χ1v) is 7.94. The second kappa shape index (κ2) is 7.08. The topological polar surface area (TPSA) is 66.6 Å². The van der Waals surface area contributed by atoms with Gasteiger partial charge in [0.2, 0.25) is 11.8 Å². The van der Waals surface area contributed by atoms with Crippen LogP contribution in [0.3, 0.4) is 0 Å². The van der Waals surface area contributed by atoms with Gasteiger partial charge in [0.1, 0.15) is 5.82 Å². The third-order valence-electron chi connectivity index (χ3n) is 4.13. The van der Waals surface area contributed by atoms with Crippen molar-refractivity contribution >= 4 is 11.8 Å². The van der Waals surface area contributed by atoms with Crippen LogP contribution >= 0.6 is 0 Å². The normalized spacial score (nSPS) is 18.0. The molecule has 0 radical (unpaired) electrons. The van der Waals surface area contributed by atoms with Crippen molar-refractivity contribution in [1.82, 2.24) is 9.80 Å². The quantitative estimate of drug-likeness (QED) is 0.894. The average molecular weight is 321 g/mol. The van der Waals surface area contributed by atoms with E-state index in [1.54, 1.807) is 24.0 Å². The molecule has 0 saturated carbocycles. The highest BCUT2D eigenvalue weighted by atomic mass is 19.1. The second-order valence-electron chi connectivity index (χ2n) is 6.34. The van der Waals surface area contributed by atoms with Gasteiger partial charge in [-0.25, -0.2) is 4.39 Å². The van der Waals surface area contributed by atoms with E-state index in [4.69, 9.17) is 5.73 Å². The van der Waals surface area contributed by atoms with Crippen molar-refractivity contribution < 1.29 is 14.0 Å². The minimum Gasteiger partial charge on any atom is -0.335 e. The van der Waals surface area contributed by atoms with Crippen LogP contribution in [0.5, 0.6) is 0 Å². The Morgan fingerprint density at radius 3 is 2.74 bits per heavy atom. The maximum atomic E-state index is 13.2. The summed E-state index contributed by atoms with van der Waals surface area (Å²) in [4.78, 5) is 27.9. The van der Waals surface area contributed by atoms with Gasteiger partial charge in [-0.3, -0.25) is 9.59 Å². The van der Waals surface area contributed by atoms with Gasteiger partial charge >= 0.3 is 0 Å². The van der Waals surface area contributed by atoms with E-state index in [0.29, 0.717) is 26.1 Å². The fourth-order valence-corrected chi connectivity index (χ4v) is 2.89. The number of amides is 2. The molecule has 1 aromatic rings. The molecule has 1 atom stereocenters. The zero-order valence-corrected chi connectivity index (χ0v) is 13.7. The summed E-state index contributed by atoms with van der Waals surface area (Å²) < 4.78 is 13.2. The molecule has 23 heavy (non-hydrogen) atoms. The van der Waals surface area contributed by atoms with Crippen LogP contribution in [0.1, 0.15) is 32.3 Å². The van der Waals surface area contributed by atoms with Gasteiger partial charge < -0.3 is 15.5 Å². The lowest BCUT2D eigenvalue weighted by Crippen LogP contribution is -2.59. The molecule has 1 unspecified atom stereocenters. The smallest absolute Gasteiger partial charge is 0.242 e. The molecule has 6 heteroatoms. The molecule has 0 spiro atoms. The van der Waals surface area contributed by atoms with Crippen molar-refractivity contribution in [3.63, 3.8) is 0 Å². The van der Waals surface area contributed by atoms with Crippen LogP contribution in [0, 0.1) is 5.82 Å². The molecule has 5 nitrogen and oxygen atoms in total. The molecule has 2 amide bonds. The number of benzene rings is 1. The molecular weight excluding hydrogens is 297 g/mol. The molecule has 126 valence electrons. The Morgan fingerprint density at radius 2 is 2.13 bits per heavy atom. The highest BCUT2D eigenvalue weighted by Gasteiger charge is 2.35. The summed E-state index contributed by atoms with van der Waals surface area (Å²) in [6.45, 7) is 4.96. The number of rotatable bonds is 5. The van der Waals surface area contributed by atoms with Gasteiger partial charge in [-0.05, 0) is 31.0 Å². The first-order chi connectivity index (χ1) is 10.8. The minimum absolute atomic E-state index is 0.0324. The van der Waals surface area contributed by atoms with E-state index < -0.39 is 5.54 Å². The van der Waals surface area contributed by atoms with Crippen molar-refractivity contribution in [2.75, 3.05) is 19.6 Å². The number of carbonyl (C=O) groups excluding carboxylic acids is 2. The van der Waals surface area contributed by atoms with Crippen molar-refractivity contribution in [3.05, 3.63) is 35.6 Å². The Bertz CT molecular complexity index is 589. The molecule has 1 saturated heterocycles. The van der Waals surface area contributed by atoms with Gasteiger partial charge in [0.15, 0.2) is 0 Å². The van der Waals surface area contributed by atoms with Crippen LogP contribution in [-0.2, 0) is 16.1 Å². The number of hydrogen-bond donors (Lipinski definition) is 1. The summed E-state index contributed by atoms with van der Waals surface area (Å²) in [5, 5.41) is 0. The molecule has 1 aliphatic heterocycles. The highest BCUT2D eigenvalue weighted by Crippen LogP contribution is 2.16. The maximum absolute atomic E-state index is 13.2. The maximum Gasteiger partial charge on any atom is 0.242 e. The summed E-state index contributed by atoms with van der Waals surface area (Å²) in [5.74, 6) is -0.638. The van der Waals surface area contributed by atoms with Crippen LogP contribution < -0.4 is 5.73 Å². The van der Waals surface area contributed by atoms with Crippen molar-refractivity contribution in [2.24, 2.45) is 5.73 Å². The van der Waals surface area contributed by atoms with E-state index >= 15 is 0 Å². The van der Waals surface area contributed by atoms with E-state index in [1.165, 1.54) is 17.0 Å². The fourth-order valence-electron chi connectivity index (χ4n) is 2.89. The lowest BCUT2D eigenvalue weighted by Gasteiger charge is -2.38. The predicted molar refractivity (Wildman–Crippen MR) is 85.9 cm³/mol. The van der Waals surface area contributed by atoms with Crippen LogP contribution in [0.25, 0.3) is 0 Å². The lowest BCUT2D eigenvalue weighted by molar-refractivity contribution is -0.148. The van der Waals surface area contributed by atoms with Gasteiger partial charge in [0, 0.05) is 19.6 Å². The molecule has 1 aromatic carbocycles. The van der Waals surface area contributed by atoms with Crippen LogP contribution in [0.4, 0.5) is 4.39 Å². The zero-order valence-electron chi connectivity index (χ0n) is 13.7. The van der Waals surface area contributed by atoms with Crippen molar-refractivity contribution in [3.8, 4) is 0 Å². The fraction of sp³-hybridized carbons (Fsp3) is 0.529. The van der Waals surface area contributed by atoms with E-state index in [2.05, 4.69) is 0 Å². The predicted octanol–water partition coefficient (Wildman–Crippen LogP) is 1.51. The average Bonchev–Trinajstić information content (AvgIpc) is 2.48. The van der Waals surface area contributed by atoms with Crippen molar-refractivity contribution in [1.29, 1.82) is 0 Å². The third-order valence-corrected chi connectivity index (χ3v) is 4.13. The largest absolute Gasteiger partial charge is 0.335 e. The highest BCUT2D eigenvalue weighted by molar-refractivity contribution is 5.90. The molecule has 1 heterocycles. The number of hydrogen-bond acceptors (Lipinski definition) is 3. The summed E-state index contributed by atoms with van der Waals surface area (Å²) in [6, 6.07) is 6.20. The molecule has 0 aliphatic carbocycles. The number of nitrogens with two attached hydrogens (primary N) is 1. The van der Waals surface area contributed by atoms with Crippen LogP contribution in [0.2, 0.25) is 0 Å². The number of halogens is 1. The Balaban J connectivity index is 1.97. The Labute approximate surface area is 136 Å². The van der Waals surface area contributed by atoms with Crippen molar-refractivity contribution in [2.45, 2.75) is 38.8 Å². The van der Waals surface area contributed by atoms with Crippen LogP contribution in [0.15, 0.2) is 24.3 Å². The summed E-state index contributed by atoms with van der Waals surface area (Å²) in [5.41, 5.74) is 5.88. The Hall–Kier alpha value is -1.95. The number of carbonyl (C=O) groups is 2. The third kappa shape index (κ3) is 4.28. The monoisotopic (exact) mass is 321 g/mol. The standard InChI is InChI=1S/C17H24FN3O2/c1-3-7-17(2,19)16(23)21-9-8-20(15(22)12-21)11-13-5-4-6-14(18)10-13/h4-6,10H,3,7-9,11-12,19H2,1-2H3. The van der Waals surface area contributed by atoms with Gasteiger partial charge in [-0.15, -0.1) is 0 Å². The number of piperazine rings is 1. The van der Waals surface area contributed by atoms with Gasteiger partial charge in [-0.1, -0.05) is 25.5 Å². The first-order valence-electron chi connectivity index (χ1n) is 7.94. The van der Waals surface area contributed by atoms with E-state index in [9.17, 15) is 14.0 Å². The summed E-state index contributed by atoms with van der Waals surface area (Å²) in [6.07, 6.45) is 1.40. The Morgan fingerprint density at radius 1 is 1.39 bits per heavy atom. The van der Waals surface area contributed by atoms with E-state index in [0.717, 1.165) is 12.0 Å². The molecule has 2 N–H and O–H groups in total. The molecular formula is C17H24FN3O2. The molecule has 0 bridgehead atoms. The molecule has 2 rings (SSSR count). The van der Waals surface area contributed by atoms with Gasteiger partial charge in [0.25, 0.3) is 0 Å². The molecule has 1 aliphatic rings. The lowest BCUT2D eigenvalue weighted by atomic mass is 9.95. The van der Waals surface area contributed by atoms with E-state index in [-0.39, 0.29) is 24.2 Å². The molecule has 1 fully saturated rings. The van der Waals surface area contributed by atoms with Crippen LogP contribution in [-0.4, -0.2) is 46.8 Å². The first kappa shape index (κ1) is 17.4. The van der Waals surface area contributed by atoms with Gasteiger partial charge in [0.05, 0.1) is 12.1 Å². The SMILES string of the molecule is CCCC(C)(N)C(=O)N1CCN(Cc2cccc(F)c2)C(=O)C1. The summed E-state index contributed by atoms with van der Waals surface area (Å²) in [7, 11) is 0. The minimum atomic E-state index is -0.931. The van der Waals surface area contributed by atoms with Gasteiger partial charge in [-0.2, -0.15) is 0 Å². The van der Waals surface area contributed by atoms with E-state index in [1.807, 2.05) is 6.92 Å².